The third kappa shape index (κ3) is 2.83. The van der Waals surface area contributed by atoms with Crippen LogP contribution in [-0.2, 0) is 16.4 Å². The van der Waals surface area contributed by atoms with Crippen molar-refractivity contribution in [3.63, 3.8) is 0 Å². The van der Waals surface area contributed by atoms with Gasteiger partial charge in [0, 0.05) is 18.0 Å². The van der Waals surface area contributed by atoms with Crippen LogP contribution >= 0.6 is 11.3 Å². The van der Waals surface area contributed by atoms with E-state index < -0.39 is 10.0 Å². The Morgan fingerprint density at radius 2 is 2.05 bits per heavy atom. The summed E-state index contributed by atoms with van der Waals surface area (Å²) in [6, 6.07) is 5.85. The predicted octanol–water partition coefficient (Wildman–Crippen LogP) is 2.62. The van der Waals surface area contributed by atoms with E-state index in [1.165, 1.54) is 15.6 Å². The summed E-state index contributed by atoms with van der Waals surface area (Å²) in [6.45, 7) is 4.79. The van der Waals surface area contributed by atoms with Crippen LogP contribution in [0.1, 0.15) is 31.6 Å². The van der Waals surface area contributed by atoms with Gasteiger partial charge >= 0.3 is 0 Å². The summed E-state index contributed by atoms with van der Waals surface area (Å²) in [5.41, 5.74) is -0.379. The number of aryl methyl sites for hydroxylation is 1. The van der Waals surface area contributed by atoms with Gasteiger partial charge in [-0.25, -0.2) is 8.42 Å². The van der Waals surface area contributed by atoms with Gasteiger partial charge in [0.05, 0.1) is 11.5 Å². The summed E-state index contributed by atoms with van der Waals surface area (Å²) in [7, 11) is -3.37. The fraction of sp³-hybridized carbons (Fsp3) is 0.615. The molecule has 1 fully saturated rings. The quantitative estimate of drug-likeness (QED) is 0.862. The lowest BCUT2D eigenvalue weighted by molar-refractivity contribution is 0.232. The second-order valence-corrected chi connectivity index (χ2v) is 8.48. The topological polar surface area (TPSA) is 61.2 Å². The van der Waals surface area contributed by atoms with Gasteiger partial charge in [-0.1, -0.05) is 6.92 Å². The van der Waals surface area contributed by atoms with E-state index in [1.807, 2.05) is 19.9 Å². The lowest BCUT2D eigenvalue weighted by Gasteiger charge is -2.33. The van der Waals surface area contributed by atoms with Gasteiger partial charge in [0.15, 0.2) is 0 Å². The molecule has 104 valence electrons. The second kappa shape index (κ2) is 5.23. The number of sulfonamides is 1. The maximum atomic E-state index is 12.5. The zero-order valence-electron chi connectivity index (χ0n) is 11.2. The number of nitrogens with zero attached hydrogens (tertiary/aromatic N) is 2. The number of hydrogen-bond acceptors (Lipinski definition) is 4. The van der Waals surface area contributed by atoms with Gasteiger partial charge in [0.25, 0.3) is 10.0 Å². The SMILES string of the molecule is CCc1ccc(S(=O)(=O)N2CCC(C)(C#N)CC2)s1. The van der Waals surface area contributed by atoms with E-state index >= 15 is 0 Å². The second-order valence-electron chi connectivity index (χ2n) is 5.15. The standard InChI is InChI=1S/C13H18N2O2S2/c1-3-11-4-5-12(18-11)19(16,17)15-8-6-13(2,10-14)7-9-15/h4-5H,3,6-9H2,1-2H3. The van der Waals surface area contributed by atoms with Crippen molar-refractivity contribution in [1.82, 2.24) is 4.31 Å². The normalized spacial score (nSPS) is 20.1. The van der Waals surface area contributed by atoms with Gasteiger partial charge in [-0.15, -0.1) is 11.3 Å². The van der Waals surface area contributed by atoms with E-state index in [1.54, 1.807) is 6.07 Å². The highest BCUT2D eigenvalue weighted by molar-refractivity contribution is 7.91. The van der Waals surface area contributed by atoms with Crippen molar-refractivity contribution >= 4 is 21.4 Å². The third-order valence-electron chi connectivity index (χ3n) is 3.68. The molecule has 0 aromatic carbocycles. The highest BCUT2D eigenvalue weighted by Crippen LogP contribution is 2.33. The molecule has 0 saturated carbocycles. The molecule has 1 aromatic rings. The zero-order chi connectivity index (χ0) is 14.1. The Morgan fingerprint density at radius 3 is 2.53 bits per heavy atom. The molecule has 0 unspecified atom stereocenters. The Hall–Kier alpha value is -0.900. The summed E-state index contributed by atoms with van der Waals surface area (Å²) >= 11 is 1.34. The molecule has 19 heavy (non-hydrogen) atoms. The average molecular weight is 298 g/mol. The van der Waals surface area contributed by atoms with Crippen molar-refractivity contribution < 1.29 is 8.42 Å². The van der Waals surface area contributed by atoms with E-state index in [2.05, 4.69) is 6.07 Å². The number of nitriles is 1. The van der Waals surface area contributed by atoms with Crippen LogP contribution in [-0.4, -0.2) is 25.8 Å². The molecule has 1 aromatic heterocycles. The van der Waals surface area contributed by atoms with Crippen molar-refractivity contribution in [2.45, 2.75) is 37.3 Å². The molecule has 1 aliphatic rings. The lowest BCUT2D eigenvalue weighted by atomic mass is 9.83. The van der Waals surface area contributed by atoms with Crippen molar-refractivity contribution in [3.05, 3.63) is 17.0 Å². The monoisotopic (exact) mass is 298 g/mol. The van der Waals surface area contributed by atoms with Crippen LogP contribution in [0.4, 0.5) is 0 Å². The Morgan fingerprint density at radius 1 is 1.42 bits per heavy atom. The molecule has 0 atom stereocenters. The minimum absolute atomic E-state index is 0.379. The van der Waals surface area contributed by atoms with Crippen LogP contribution in [0.3, 0.4) is 0 Å². The highest BCUT2D eigenvalue weighted by Gasteiger charge is 2.35. The molecule has 6 heteroatoms. The summed E-state index contributed by atoms with van der Waals surface area (Å²) in [5, 5.41) is 9.08. The molecule has 0 aliphatic carbocycles. The minimum Gasteiger partial charge on any atom is -0.206 e. The molecule has 0 radical (unpaired) electrons. The van der Waals surface area contributed by atoms with Gasteiger partial charge in [-0.2, -0.15) is 9.57 Å². The van der Waals surface area contributed by atoms with Crippen LogP contribution < -0.4 is 0 Å². The number of rotatable bonds is 3. The minimum atomic E-state index is -3.37. The van der Waals surface area contributed by atoms with Gasteiger partial charge in [0.1, 0.15) is 4.21 Å². The molecule has 0 spiro atoms. The molecular weight excluding hydrogens is 280 g/mol. The van der Waals surface area contributed by atoms with E-state index in [-0.39, 0.29) is 5.41 Å². The number of thiophene rings is 1. The summed E-state index contributed by atoms with van der Waals surface area (Å²) in [5.74, 6) is 0. The Labute approximate surface area is 118 Å². The first-order valence-electron chi connectivity index (χ1n) is 6.41. The van der Waals surface area contributed by atoms with Crippen molar-refractivity contribution in [2.24, 2.45) is 5.41 Å². The number of hydrogen-bond donors (Lipinski definition) is 0. The largest absolute Gasteiger partial charge is 0.252 e. The maximum Gasteiger partial charge on any atom is 0.252 e. The van der Waals surface area contributed by atoms with E-state index in [9.17, 15) is 8.42 Å². The van der Waals surface area contributed by atoms with Crippen LogP contribution in [0.25, 0.3) is 0 Å². The first-order chi connectivity index (χ1) is 8.91. The summed E-state index contributed by atoms with van der Waals surface area (Å²) in [6.07, 6.45) is 2.07. The Balaban J connectivity index is 2.16. The molecule has 4 nitrogen and oxygen atoms in total. The van der Waals surface area contributed by atoms with Gasteiger partial charge in [-0.05, 0) is 38.3 Å². The average Bonchev–Trinajstić information content (AvgIpc) is 2.89. The Bertz CT molecular complexity index is 590. The Kier molecular flexibility index (Phi) is 4.00. The van der Waals surface area contributed by atoms with Gasteiger partial charge in [0.2, 0.25) is 0 Å². The molecule has 0 amide bonds. The fourth-order valence-electron chi connectivity index (χ4n) is 2.15. The first kappa shape index (κ1) is 14.5. The van der Waals surface area contributed by atoms with E-state index in [4.69, 9.17) is 5.26 Å². The number of piperidine rings is 1. The van der Waals surface area contributed by atoms with Crippen LogP contribution in [0.15, 0.2) is 16.3 Å². The smallest absolute Gasteiger partial charge is 0.206 e. The molecular formula is C13H18N2O2S2. The van der Waals surface area contributed by atoms with E-state index in [0.29, 0.717) is 30.1 Å². The zero-order valence-corrected chi connectivity index (χ0v) is 12.9. The van der Waals surface area contributed by atoms with Gasteiger partial charge in [-0.3, -0.25) is 0 Å². The summed E-state index contributed by atoms with van der Waals surface area (Å²) < 4.78 is 26.9. The molecule has 0 bridgehead atoms. The molecule has 1 saturated heterocycles. The molecule has 1 aliphatic heterocycles. The third-order valence-corrected chi connectivity index (χ3v) is 7.27. The fourth-order valence-corrected chi connectivity index (χ4v) is 5.04. The highest BCUT2D eigenvalue weighted by atomic mass is 32.2. The van der Waals surface area contributed by atoms with Crippen molar-refractivity contribution in [2.75, 3.05) is 13.1 Å². The predicted molar refractivity (Wildman–Crippen MR) is 75.4 cm³/mol. The molecule has 2 heterocycles. The van der Waals surface area contributed by atoms with Crippen molar-refractivity contribution in [1.29, 1.82) is 5.26 Å². The molecule has 0 N–H and O–H groups in total. The van der Waals surface area contributed by atoms with Gasteiger partial charge < -0.3 is 0 Å². The molecule has 2 rings (SSSR count). The van der Waals surface area contributed by atoms with Crippen LogP contribution in [0.5, 0.6) is 0 Å². The van der Waals surface area contributed by atoms with Crippen molar-refractivity contribution in [3.8, 4) is 6.07 Å². The van der Waals surface area contributed by atoms with Crippen LogP contribution in [0.2, 0.25) is 0 Å². The maximum absolute atomic E-state index is 12.5. The summed E-state index contributed by atoms with van der Waals surface area (Å²) in [4.78, 5) is 1.08. The van der Waals surface area contributed by atoms with E-state index in [0.717, 1.165) is 11.3 Å². The van der Waals surface area contributed by atoms with Crippen LogP contribution in [0, 0.1) is 16.7 Å². The lowest BCUT2D eigenvalue weighted by Crippen LogP contribution is -2.41. The first-order valence-corrected chi connectivity index (χ1v) is 8.67.